The third-order valence-corrected chi connectivity index (χ3v) is 8.04. The van der Waals surface area contributed by atoms with Crippen LogP contribution in [0.15, 0.2) is 35.5 Å². The van der Waals surface area contributed by atoms with Crippen LogP contribution < -0.4 is 4.90 Å². The van der Waals surface area contributed by atoms with Gasteiger partial charge in [-0.25, -0.2) is 22.8 Å². The van der Waals surface area contributed by atoms with E-state index in [1.165, 1.54) is 12.1 Å². The van der Waals surface area contributed by atoms with Crippen LogP contribution in [0.1, 0.15) is 43.4 Å². The van der Waals surface area contributed by atoms with Crippen molar-refractivity contribution in [3.8, 4) is 0 Å². The number of sulfone groups is 1. The number of halogens is 1. The van der Waals surface area contributed by atoms with Gasteiger partial charge in [0.2, 0.25) is 5.95 Å². The summed E-state index contributed by atoms with van der Waals surface area (Å²) in [4.78, 5) is 11.3. The van der Waals surface area contributed by atoms with Crippen LogP contribution in [0.3, 0.4) is 0 Å². The van der Waals surface area contributed by atoms with Crippen molar-refractivity contribution in [2.24, 2.45) is 17.8 Å². The van der Waals surface area contributed by atoms with Crippen molar-refractivity contribution in [3.63, 3.8) is 0 Å². The van der Waals surface area contributed by atoms with Gasteiger partial charge in [0.25, 0.3) is 0 Å². The Hall–Kier alpha value is -2.10. The number of aromatic nitrogens is 2. The number of piperidine rings is 1. The fraction of sp³-hybridized carbons (Fsp3) is 0.583. The highest BCUT2D eigenvalue weighted by molar-refractivity contribution is 7.90. The summed E-state index contributed by atoms with van der Waals surface area (Å²) < 4.78 is 48.3. The molecule has 0 N–H and O–H groups in total. The molecule has 2 aliphatic rings. The molecule has 3 atom stereocenters. The summed E-state index contributed by atoms with van der Waals surface area (Å²) in [5.41, 5.74) is 1.36. The molecule has 2 aromatic rings. The summed E-state index contributed by atoms with van der Waals surface area (Å²) in [6.07, 6.45) is 8.12. The molecule has 0 bridgehead atoms. The SMILES string of the molecule is CO[C@H](C)c1cnc(N2CCC(C3C[C@H]3COCc3ccc(S(C)(=O)=O)cc3F)CC2)nc1. The minimum atomic E-state index is -3.41. The zero-order valence-corrected chi connectivity index (χ0v) is 20.2. The molecular weight excluding hydrogens is 445 g/mol. The highest BCUT2D eigenvalue weighted by atomic mass is 32.2. The first-order valence-corrected chi connectivity index (χ1v) is 13.3. The Morgan fingerprint density at radius 3 is 2.52 bits per heavy atom. The monoisotopic (exact) mass is 477 g/mol. The van der Waals surface area contributed by atoms with Crippen molar-refractivity contribution in [2.45, 2.75) is 43.8 Å². The summed E-state index contributed by atoms with van der Waals surface area (Å²) >= 11 is 0. The lowest BCUT2D eigenvalue weighted by atomic mass is 9.91. The average molecular weight is 478 g/mol. The molecule has 0 radical (unpaired) electrons. The third kappa shape index (κ3) is 5.88. The zero-order chi connectivity index (χ0) is 23.6. The second-order valence-electron chi connectivity index (χ2n) is 9.22. The molecule has 1 unspecified atom stereocenters. The zero-order valence-electron chi connectivity index (χ0n) is 19.4. The van der Waals surface area contributed by atoms with E-state index in [-0.39, 0.29) is 17.6 Å². The Morgan fingerprint density at radius 2 is 1.91 bits per heavy atom. The summed E-state index contributed by atoms with van der Waals surface area (Å²) in [5, 5.41) is 0. The van der Waals surface area contributed by atoms with Gasteiger partial charge in [-0.15, -0.1) is 0 Å². The molecule has 1 saturated carbocycles. The van der Waals surface area contributed by atoms with Crippen molar-refractivity contribution in [1.82, 2.24) is 9.97 Å². The summed E-state index contributed by atoms with van der Waals surface area (Å²) in [7, 11) is -1.73. The van der Waals surface area contributed by atoms with E-state index in [2.05, 4.69) is 14.9 Å². The van der Waals surface area contributed by atoms with Crippen LogP contribution in [-0.2, 0) is 25.9 Å². The van der Waals surface area contributed by atoms with Crippen molar-refractivity contribution in [1.29, 1.82) is 0 Å². The molecule has 4 rings (SSSR count). The van der Waals surface area contributed by atoms with E-state index in [0.717, 1.165) is 56.2 Å². The summed E-state index contributed by atoms with van der Waals surface area (Å²) in [6, 6.07) is 3.99. The Balaban J connectivity index is 1.20. The van der Waals surface area contributed by atoms with Crippen LogP contribution in [0.5, 0.6) is 0 Å². The van der Waals surface area contributed by atoms with Crippen molar-refractivity contribution in [3.05, 3.63) is 47.5 Å². The van der Waals surface area contributed by atoms with Crippen molar-refractivity contribution < 1.29 is 22.3 Å². The normalized spacial score (nSPS) is 22.4. The van der Waals surface area contributed by atoms with Gasteiger partial charge in [0.1, 0.15) is 5.82 Å². The van der Waals surface area contributed by atoms with E-state index in [4.69, 9.17) is 9.47 Å². The largest absolute Gasteiger partial charge is 0.377 e. The molecular formula is C24H32FN3O4S. The number of hydrogen-bond acceptors (Lipinski definition) is 7. The molecule has 2 fully saturated rings. The number of benzene rings is 1. The molecule has 9 heteroatoms. The molecule has 1 aliphatic heterocycles. The Kier molecular flexibility index (Phi) is 7.31. The predicted octanol–water partition coefficient (Wildman–Crippen LogP) is 3.80. The average Bonchev–Trinajstić information content (AvgIpc) is 3.58. The van der Waals surface area contributed by atoms with Crippen molar-refractivity contribution in [2.75, 3.05) is 38.0 Å². The van der Waals surface area contributed by atoms with Crippen LogP contribution in [-0.4, -0.2) is 51.4 Å². The third-order valence-electron chi connectivity index (χ3n) is 6.93. The second kappa shape index (κ2) is 10.0. The molecule has 0 amide bonds. The lowest BCUT2D eigenvalue weighted by Crippen LogP contribution is -2.35. The Bertz CT molecular complexity index is 1060. The summed E-state index contributed by atoms with van der Waals surface area (Å²) in [5.74, 6) is 2.10. The molecule has 1 aromatic heterocycles. The van der Waals surface area contributed by atoms with Crippen LogP contribution in [0.25, 0.3) is 0 Å². The Morgan fingerprint density at radius 1 is 1.21 bits per heavy atom. The number of rotatable bonds is 9. The first-order chi connectivity index (χ1) is 15.8. The van der Waals surface area contributed by atoms with Crippen LogP contribution in [0.2, 0.25) is 0 Å². The van der Waals surface area contributed by atoms with Gasteiger partial charge in [-0.3, -0.25) is 0 Å². The molecule has 0 spiro atoms. The minimum absolute atomic E-state index is 0.0109. The quantitative estimate of drug-likeness (QED) is 0.543. The van der Waals surface area contributed by atoms with Crippen molar-refractivity contribution >= 4 is 15.8 Å². The number of ether oxygens (including phenoxy) is 2. The van der Waals surface area contributed by atoms with Gasteiger partial charge < -0.3 is 14.4 Å². The standard InChI is InChI=1S/C24H32FN3O4S/c1-16(31-2)20-12-26-24(27-13-20)28-8-6-17(7-9-28)22-10-19(22)15-32-14-18-4-5-21(11-23(18)25)33(3,29)30/h4-5,11-13,16-17,19,22H,6-10,14-15H2,1-3H3/t16-,19+,22?/m1/s1. The smallest absolute Gasteiger partial charge is 0.225 e. The van der Waals surface area contributed by atoms with Gasteiger partial charge in [0.05, 0.1) is 24.2 Å². The van der Waals surface area contributed by atoms with Crippen LogP contribution in [0, 0.1) is 23.6 Å². The fourth-order valence-electron chi connectivity index (χ4n) is 4.60. The number of anilines is 1. The molecule has 7 nitrogen and oxygen atoms in total. The maximum absolute atomic E-state index is 14.2. The van der Waals surface area contributed by atoms with E-state index in [1.54, 1.807) is 7.11 Å². The van der Waals surface area contributed by atoms with E-state index in [9.17, 15) is 12.8 Å². The maximum atomic E-state index is 14.2. The highest BCUT2D eigenvalue weighted by Gasteiger charge is 2.43. The summed E-state index contributed by atoms with van der Waals surface area (Å²) in [6.45, 7) is 4.65. The van der Waals surface area contributed by atoms with E-state index in [0.29, 0.717) is 29.9 Å². The lowest BCUT2D eigenvalue weighted by molar-refractivity contribution is 0.102. The van der Waals surface area contributed by atoms with Crippen LogP contribution in [0.4, 0.5) is 10.3 Å². The van der Waals surface area contributed by atoms with Gasteiger partial charge in [0.15, 0.2) is 9.84 Å². The first-order valence-electron chi connectivity index (χ1n) is 11.4. The maximum Gasteiger partial charge on any atom is 0.225 e. The van der Waals surface area contributed by atoms with Crippen LogP contribution >= 0.6 is 0 Å². The molecule has 1 aromatic carbocycles. The predicted molar refractivity (Wildman–Crippen MR) is 123 cm³/mol. The molecule has 180 valence electrons. The number of methoxy groups -OCH3 is 1. The molecule has 2 heterocycles. The topological polar surface area (TPSA) is 81.6 Å². The second-order valence-corrected chi connectivity index (χ2v) is 11.2. The van der Waals surface area contributed by atoms with E-state index >= 15 is 0 Å². The van der Waals surface area contributed by atoms with Gasteiger partial charge in [-0.05, 0) is 56.1 Å². The molecule has 33 heavy (non-hydrogen) atoms. The lowest BCUT2D eigenvalue weighted by Gasteiger charge is -2.32. The molecule has 1 saturated heterocycles. The van der Waals surface area contributed by atoms with Gasteiger partial charge in [-0.1, -0.05) is 6.07 Å². The van der Waals surface area contributed by atoms with Gasteiger partial charge in [0, 0.05) is 50.0 Å². The minimum Gasteiger partial charge on any atom is -0.377 e. The first kappa shape index (κ1) is 24.0. The van der Waals surface area contributed by atoms with E-state index < -0.39 is 15.7 Å². The number of hydrogen-bond donors (Lipinski definition) is 0. The van der Waals surface area contributed by atoms with Gasteiger partial charge >= 0.3 is 0 Å². The highest BCUT2D eigenvalue weighted by Crippen LogP contribution is 2.48. The van der Waals surface area contributed by atoms with Gasteiger partial charge in [-0.2, -0.15) is 0 Å². The van der Waals surface area contributed by atoms with E-state index in [1.807, 2.05) is 19.3 Å². The molecule has 1 aliphatic carbocycles. The Labute approximate surface area is 195 Å². The fourth-order valence-corrected chi connectivity index (χ4v) is 5.24. The number of nitrogens with zero attached hydrogens (tertiary/aromatic N) is 3.